The molecule has 0 aliphatic heterocycles. The predicted molar refractivity (Wildman–Crippen MR) is 53.9 cm³/mol. The van der Waals surface area contributed by atoms with E-state index in [1.807, 2.05) is 12.1 Å². The molecule has 0 aliphatic carbocycles. The first kappa shape index (κ1) is 10.1. The van der Waals surface area contributed by atoms with Crippen LogP contribution in [0.25, 0.3) is 0 Å². The highest BCUT2D eigenvalue weighted by molar-refractivity contribution is 5.99. The molecule has 0 bridgehead atoms. The molecule has 0 atom stereocenters. The number of nitriles is 1. The molecule has 72 valence electrons. The molecular weight excluding hydrogens is 178 g/mol. The monoisotopic (exact) mass is 189 g/mol. The van der Waals surface area contributed by atoms with Crippen molar-refractivity contribution in [1.82, 2.24) is 5.32 Å². The van der Waals surface area contributed by atoms with Crippen LogP contribution in [0.15, 0.2) is 24.3 Å². The van der Waals surface area contributed by atoms with E-state index in [1.54, 1.807) is 25.2 Å². The number of benzene rings is 1. The van der Waals surface area contributed by atoms with E-state index in [-0.39, 0.29) is 12.5 Å². The third kappa shape index (κ3) is 2.23. The summed E-state index contributed by atoms with van der Waals surface area (Å²) >= 11 is 0. The second kappa shape index (κ2) is 4.87. The molecule has 14 heavy (non-hydrogen) atoms. The van der Waals surface area contributed by atoms with Crippen LogP contribution in [0, 0.1) is 11.3 Å². The number of nitrogens with one attached hydrogen (secondary N) is 2. The number of carbonyl (C=O) groups excluding carboxylic acids is 1. The first-order chi connectivity index (χ1) is 6.79. The Labute approximate surface area is 82.5 Å². The van der Waals surface area contributed by atoms with Gasteiger partial charge in [0.2, 0.25) is 0 Å². The minimum Gasteiger partial charge on any atom is -0.387 e. The van der Waals surface area contributed by atoms with Gasteiger partial charge in [-0.2, -0.15) is 5.26 Å². The normalized spacial score (nSPS) is 8.86. The number of carbonyl (C=O) groups is 1. The molecular formula is C10H11N3O. The fourth-order valence-corrected chi connectivity index (χ4v) is 1.11. The standard InChI is InChI=1S/C10H11N3O/c1-12-9-5-3-2-4-8(9)10(14)13-7-6-11/h2-5,12H,7H2,1H3,(H,13,14). The molecule has 1 aromatic rings. The molecule has 0 fully saturated rings. The molecule has 1 aromatic carbocycles. The van der Waals surface area contributed by atoms with Gasteiger partial charge in [0.1, 0.15) is 6.54 Å². The van der Waals surface area contributed by atoms with E-state index in [0.717, 1.165) is 5.69 Å². The van der Waals surface area contributed by atoms with Crippen molar-refractivity contribution in [2.75, 3.05) is 18.9 Å². The zero-order chi connectivity index (χ0) is 10.4. The molecule has 0 unspecified atom stereocenters. The van der Waals surface area contributed by atoms with Gasteiger partial charge in [0.25, 0.3) is 5.91 Å². The van der Waals surface area contributed by atoms with Crippen molar-refractivity contribution in [2.24, 2.45) is 0 Å². The first-order valence-corrected chi connectivity index (χ1v) is 4.21. The van der Waals surface area contributed by atoms with Gasteiger partial charge in [0, 0.05) is 12.7 Å². The van der Waals surface area contributed by atoms with Crippen LogP contribution in [0.3, 0.4) is 0 Å². The van der Waals surface area contributed by atoms with E-state index in [0.29, 0.717) is 5.56 Å². The maximum atomic E-state index is 11.5. The van der Waals surface area contributed by atoms with Crippen molar-refractivity contribution in [2.45, 2.75) is 0 Å². The molecule has 0 spiro atoms. The second-order valence-electron chi connectivity index (χ2n) is 2.64. The van der Waals surface area contributed by atoms with Crippen LogP contribution in [0.1, 0.15) is 10.4 Å². The summed E-state index contributed by atoms with van der Waals surface area (Å²) in [7, 11) is 1.75. The Kier molecular flexibility index (Phi) is 3.50. The smallest absolute Gasteiger partial charge is 0.254 e. The lowest BCUT2D eigenvalue weighted by Gasteiger charge is -2.07. The number of rotatable bonds is 3. The Morgan fingerprint density at radius 1 is 1.50 bits per heavy atom. The Hall–Kier alpha value is -2.02. The fourth-order valence-electron chi connectivity index (χ4n) is 1.11. The van der Waals surface area contributed by atoms with Crippen LogP contribution in [0.5, 0.6) is 0 Å². The predicted octanol–water partition coefficient (Wildman–Crippen LogP) is 0.982. The van der Waals surface area contributed by atoms with E-state index in [2.05, 4.69) is 10.6 Å². The van der Waals surface area contributed by atoms with Crippen molar-refractivity contribution in [3.8, 4) is 6.07 Å². The molecule has 0 saturated carbocycles. The lowest BCUT2D eigenvalue weighted by molar-refractivity contribution is 0.0959. The molecule has 4 heteroatoms. The summed E-state index contributed by atoms with van der Waals surface area (Å²) in [5.74, 6) is -0.239. The summed E-state index contributed by atoms with van der Waals surface area (Å²) in [6.45, 7) is 0.0247. The van der Waals surface area contributed by atoms with Gasteiger partial charge >= 0.3 is 0 Å². The molecule has 4 nitrogen and oxygen atoms in total. The maximum Gasteiger partial charge on any atom is 0.254 e. The third-order valence-corrected chi connectivity index (χ3v) is 1.77. The van der Waals surface area contributed by atoms with E-state index in [4.69, 9.17) is 5.26 Å². The molecule has 0 aliphatic rings. The highest BCUT2D eigenvalue weighted by Crippen LogP contribution is 2.13. The maximum absolute atomic E-state index is 11.5. The lowest BCUT2D eigenvalue weighted by Crippen LogP contribution is -2.24. The summed E-state index contributed by atoms with van der Waals surface area (Å²) in [6, 6.07) is 8.99. The van der Waals surface area contributed by atoms with Crippen LogP contribution < -0.4 is 10.6 Å². The number of amides is 1. The average Bonchev–Trinajstić information content (AvgIpc) is 2.25. The molecule has 1 amide bonds. The highest BCUT2D eigenvalue weighted by Gasteiger charge is 2.08. The Bertz CT molecular complexity index is 368. The van der Waals surface area contributed by atoms with Crippen LogP contribution in [-0.4, -0.2) is 19.5 Å². The number of hydrogen-bond acceptors (Lipinski definition) is 3. The Balaban J connectivity index is 2.84. The van der Waals surface area contributed by atoms with E-state index >= 15 is 0 Å². The quantitative estimate of drug-likeness (QED) is 0.696. The fraction of sp³-hybridized carbons (Fsp3) is 0.200. The third-order valence-electron chi connectivity index (χ3n) is 1.77. The largest absolute Gasteiger partial charge is 0.387 e. The van der Waals surface area contributed by atoms with Gasteiger partial charge in [-0.05, 0) is 12.1 Å². The van der Waals surface area contributed by atoms with E-state index < -0.39 is 0 Å². The number of hydrogen-bond donors (Lipinski definition) is 2. The van der Waals surface area contributed by atoms with Gasteiger partial charge < -0.3 is 10.6 Å². The van der Waals surface area contributed by atoms with Gasteiger partial charge in [0.05, 0.1) is 11.6 Å². The Morgan fingerprint density at radius 3 is 2.86 bits per heavy atom. The SMILES string of the molecule is CNc1ccccc1C(=O)NCC#N. The van der Waals surface area contributed by atoms with E-state index in [9.17, 15) is 4.79 Å². The molecule has 0 aromatic heterocycles. The van der Waals surface area contributed by atoms with Gasteiger partial charge in [-0.1, -0.05) is 12.1 Å². The van der Waals surface area contributed by atoms with Crippen molar-refractivity contribution < 1.29 is 4.79 Å². The second-order valence-corrected chi connectivity index (χ2v) is 2.64. The summed E-state index contributed by atoms with van der Waals surface area (Å²) in [5.41, 5.74) is 1.30. The van der Waals surface area contributed by atoms with Crippen LogP contribution in [0.2, 0.25) is 0 Å². The summed E-state index contributed by atoms with van der Waals surface area (Å²) in [4.78, 5) is 11.5. The first-order valence-electron chi connectivity index (χ1n) is 4.21. The lowest BCUT2D eigenvalue weighted by atomic mass is 10.1. The zero-order valence-corrected chi connectivity index (χ0v) is 7.87. The average molecular weight is 189 g/mol. The summed E-state index contributed by atoms with van der Waals surface area (Å²) in [6.07, 6.45) is 0. The summed E-state index contributed by atoms with van der Waals surface area (Å²) < 4.78 is 0. The van der Waals surface area contributed by atoms with Gasteiger partial charge in [-0.25, -0.2) is 0 Å². The molecule has 0 radical (unpaired) electrons. The zero-order valence-electron chi connectivity index (χ0n) is 7.87. The molecule has 1 rings (SSSR count). The number of nitrogens with zero attached hydrogens (tertiary/aromatic N) is 1. The van der Waals surface area contributed by atoms with Gasteiger partial charge in [-0.3, -0.25) is 4.79 Å². The van der Waals surface area contributed by atoms with Gasteiger partial charge in [0.15, 0.2) is 0 Å². The molecule has 0 saturated heterocycles. The van der Waals surface area contributed by atoms with Gasteiger partial charge in [-0.15, -0.1) is 0 Å². The van der Waals surface area contributed by atoms with Crippen LogP contribution in [-0.2, 0) is 0 Å². The van der Waals surface area contributed by atoms with Crippen molar-refractivity contribution in [3.63, 3.8) is 0 Å². The van der Waals surface area contributed by atoms with Crippen molar-refractivity contribution >= 4 is 11.6 Å². The van der Waals surface area contributed by atoms with Crippen LogP contribution >= 0.6 is 0 Å². The highest BCUT2D eigenvalue weighted by atomic mass is 16.1. The van der Waals surface area contributed by atoms with Crippen molar-refractivity contribution in [3.05, 3.63) is 29.8 Å². The van der Waals surface area contributed by atoms with Crippen LogP contribution in [0.4, 0.5) is 5.69 Å². The topological polar surface area (TPSA) is 64.9 Å². The number of anilines is 1. The Morgan fingerprint density at radius 2 is 2.21 bits per heavy atom. The summed E-state index contributed by atoms with van der Waals surface area (Å²) in [5, 5.41) is 13.7. The number of para-hydroxylation sites is 1. The van der Waals surface area contributed by atoms with E-state index in [1.165, 1.54) is 0 Å². The molecule has 0 heterocycles. The van der Waals surface area contributed by atoms with Crippen molar-refractivity contribution in [1.29, 1.82) is 5.26 Å². The molecule has 2 N–H and O–H groups in total. The minimum atomic E-state index is -0.239. The minimum absolute atomic E-state index is 0.0247.